The molecule has 1 fully saturated rings. The lowest BCUT2D eigenvalue weighted by Gasteiger charge is -2.27. The van der Waals surface area contributed by atoms with E-state index in [1.54, 1.807) is 23.1 Å². The number of amides is 1. The van der Waals surface area contributed by atoms with Crippen molar-refractivity contribution in [1.82, 2.24) is 4.90 Å². The fraction of sp³-hybridized carbons (Fsp3) is 0.360. The predicted octanol–water partition coefficient (Wildman–Crippen LogP) is 4.30. The van der Waals surface area contributed by atoms with Crippen molar-refractivity contribution >= 4 is 17.4 Å². The van der Waals surface area contributed by atoms with Crippen molar-refractivity contribution in [3.05, 3.63) is 64.2 Å². The van der Waals surface area contributed by atoms with Gasteiger partial charge in [-0.2, -0.15) is 0 Å². The summed E-state index contributed by atoms with van der Waals surface area (Å²) in [5.74, 6) is -0.184. The Labute approximate surface area is 182 Å². The number of aliphatic hydroxyl groups is 1. The predicted molar refractivity (Wildman–Crippen MR) is 117 cm³/mol. The third kappa shape index (κ3) is 3.78. The molecule has 6 heteroatoms. The summed E-state index contributed by atoms with van der Waals surface area (Å²) < 4.78 is 11.3. The second-order valence-corrected chi connectivity index (χ2v) is 8.05. The van der Waals surface area contributed by atoms with Crippen LogP contribution in [0.5, 0.6) is 11.5 Å². The summed E-state index contributed by atoms with van der Waals surface area (Å²) in [7, 11) is 0. The van der Waals surface area contributed by atoms with E-state index in [1.807, 2.05) is 39.0 Å². The molecular formula is C25H27NO5. The molecule has 1 atom stereocenters. The van der Waals surface area contributed by atoms with Crippen molar-refractivity contribution in [2.45, 2.75) is 39.7 Å². The average Bonchev–Trinajstić information content (AvgIpc) is 3.03. The largest absolute Gasteiger partial charge is 0.507 e. The number of nitrogens with zero attached hydrogens (tertiary/aromatic N) is 1. The zero-order valence-corrected chi connectivity index (χ0v) is 18.1. The topological polar surface area (TPSA) is 76.1 Å². The molecule has 2 aliphatic heterocycles. The Kier molecular flexibility index (Phi) is 5.72. The van der Waals surface area contributed by atoms with E-state index in [2.05, 4.69) is 0 Å². The standard InChI is InChI=1S/C25H27NO5/c1-4-5-10-26-22(17-8-9-19-20(14-17)31-12-11-30-19)21(24(28)25(26)29)23(27)18-7-6-15(2)16(3)13-18/h6-9,13-14,22,27H,4-5,10-12H2,1-3H3/b23-21-. The fourth-order valence-corrected chi connectivity index (χ4v) is 4.06. The Hall–Kier alpha value is -3.28. The third-order valence-electron chi connectivity index (χ3n) is 5.95. The molecule has 0 saturated carbocycles. The number of hydrogen-bond acceptors (Lipinski definition) is 5. The highest BCUT2D eigenvalue weighted by Gasteiger charge is 2.46. The number of hydrogen-bond donors (Lipinski definition) is 1. The molecule has 0 bridgehead atoms. The Bertz CT molecular complexity index is 1070. The first-order chi connectivity index (χ1) is 14.9. The molecule has 2 aromatic rings. The van der Waals surface area contributed by atoms with Gasteiger partial charge in [0.05, 0.1) is 11.6 Å². The molecule has 0 radical (unpaired) electrons. The van der Waals surface area contributed by atoms with Crippen molar-refractivity contribution < 1.29 is 24.2 Å². The summed E-state index contributed by atoms with van der Waals surface area (Å²) in [5.41, 5.74) is 3.44. The maximum atomic E-state index is 13.1. The SMILES string of the molecule is CCCCN1C(=O)C(=O)/C(=C(\O)c2ccc(C)c(C)c2)C1c1ccc2c(c1)OCCO2. The first-order valence-corrected chi connectivity index (χ1v) is 10.7. The molecule has 0 aromatic heterocycles. The number of likely N-dealkylation sites (tertiary alicyclic amines) is 1. The van der Waals surface area contributed by atoms with E-state index in [-0.39, 0.29) is 11.3 Å². The maximum absolute atomic E-state index is 13.1. The van der Waals surface area contributed by atoms with Crippen LogP contribution in [0, 0.1) is 13.8 Å². The van der Waals surface area contributed by atoms with E-state index >= 15 is 0 Å². The molecule has 6 nitrogen and oxygen atoms in total. The molecule has 31 heavy (non-hydrogen) atoms. The summed E-state index contributed by atoms with van der Waals surface area (Å²) in [5, 5.41) is 11.2. The van der Waals surface area contributed by atoms with Gasteiger partial charge in [0.1, 0.15) is 19.0 Å². The van der Waals surface area contributed by atoms with Crippen LogP contribution in [0.3, 0.4) is 0 Å². The molecule has 1 N–H and O–H groups in total. The lowest BCUT2D eigenvalue weighted by Crippen LogP contribution is -2.30. The second-order valence-electron chi connectivity index (χ2n) is 8.05. The highest BCUT2D eigenvalue weighted by Crippen LogP contribution is 2.42. The fourth-order valence-electron chi connectivity index (χ4n) is 4.06. The van der Waals surface area contributed by atoms with Gasteiger partial charge < -0.3 is 19.5 Å². The van der Waals surface area contributed by atoms with Crippen LogP contribution in [-0.2, 0) is 9.59 Å². The van der Waals surface area contributed by atoms with Crippen molar-refractivity contribution in [3.8, 4) is 11.5 Å². The molecule has 0 spiro atoms. The molecule has 4 rings (SSSR count). The van der Waals surface area contributed by atoms with E-state index < -0.39 is 17.7 Å². The molecular weight excluding hydrogens is 394 g/mol. The number of ketones is 1. The van der Waals surface area contributed by atoms with Gasteiger partial charge in [-0.05, 0) is 55.2 Å². The Morgan fingerprint density at radius 1 is 1.03 bits per heavy atom. The van der Waals surface area contributed by atoms with Crippen LogP contribution in [0.25, 0.3) is 5.76 Å². The van der Waals surface area contributed by atoms with Gasteiger partial charge in [0, 0.05) is 12.1 Å². The normalized spacial score (nSPS) is 19.7. The Balaban J connectivity index is 1.86. The van der Waals surface area contributed by atoms with E-state index in [1.165, 1.54) is 0 Å². The van der Waals surface area contributed by atoms with Crippen LogP contribution in [0.15, 0.2) is 42.0 Å². The molecule has 0 aliphatic carbocycles. The smallest absolute Gasteiger partial charge is 0.295 e. The van der Waals surface area contributed by atoms with Gasteiger partial charge in [0.25, 0.3) is 11.7 Å². The molecule has 1 amide bonds. The number of aryl methyl sites for hydroxylation is 2. The van der Waals surface area contributed by atoms with Gasteiger partial charge >= 0.3 is 0 Å². The number of ether oxygens (including phenoxy) is 2. The van der Waals surface area contributed by atoms with Gasteiger partial charge in [0.2, 0.25) is 0 Å². The Morgan fingerprint density at radius 2 is 1.77 bits per heavy atom. The third-order valence-corrected chi connectivity index (χ3v) is 5.95. The zero-order chi connectivity index (χ0) is 22.1. The highest BCUT2D eigenvalue weighted by atomic mass is 16.6. The van der Waals surface area contributed by atoms with Crippen molar-refractivity contribution in [2.24, 2.45) is 0 Å². The summed E-state index contributed by atoms with van der Waals surface area (Å²) in [4.78, 5) is 27.5. The lowest BCUT2D eigenvalue weighted by molar-refractivity contribution is -0.139. The van der Waals surface area contributed by atoms with E-state index in [4.69, 9.17) is 9.47 Å². The summed E-state index contributed by atoms with van der Waals surface area (Å²) in [6.07, 6.45) is 1.64. The van der Waals surface area contributed by atoms with Gasteiger partial charge in [-0.1, -0.05) is 31.5 Å². The van der Waals surface area contributed by atoms with E-state index in [9.17, 15) is 14.7 Å². The summed E-state index contributed by atoms with van der Waals surface area (Å²) in [6, 6.07) is 10.3. The van der Waals surface area contributed by atoms with Crippen molar-refractivity contribution in [3.63, 3.8) is 0 Å². The molecule has 2 heterocycles. The van der Waals surface area contributed by atoms with Gasteiger partial charge in [-0.3, -0.25) is 9.59 Å². The maximum Gasteiger partial charge on any atom is 0.295 e. The number of fused-ring (bicyclic) bond motifs is 1. The number of benzene rings is 2. The second kappa shape index (κ2) is 8.46. The van der Waals surface area contributed by atoms with Crippen LogP contribution in [0.1, 0.15) is 48.1 Å². The molecule has 2 aliphatic rings. The zero-order valence-electron chi connectivity index (χ0n) is 18.1. The van der Waals surface area contributed by atoms with E-state index in [0.29, 0.717) is 42.4 Å². The van der Waals surface area contributed by atoms with Crippen LogP contribution >= 0.6 is 0 Å². The monoisotopic (exact) mass is 421 g/mol. The molecule has 162 valence electrons. The van der Waals surface area contributed by atoms with Gasteiger partial charge in [0.15, 0.2) is 11.5 Å². The number of Topliss-reactive ketones (excluding diaryl/α,β-unsaturated/α-hetero) is 1. The minimum Gasteiger partial charge on any atom is -0.507 e. The first kappa shape index (κ1) is 21.0. The van der Waals surface area contributed by atoms with Gasteiger partial charge in [-0.15, -0.1) is 0 Å². The number of unbranched alkanes of at least 4 members (excludes halogenated alkanes) is 1. The summed E-state index contributed by atoms with van der Waals surface area (Å²) >= 11 is 0. The molecule has 1 unspecified atom stereocenters. The number of rotatable bonds is 5. The molecule has 2 aromatic carbocycles. The quantitative estimate of drug-likeness (QED) is 0.443. The number of carbonyl (C=O) groups is 2. The number of aliphatic hydroxyl groups excluding tert-OH is 1. The number of carbonyl (C=O) groups excluding carboxylic acids is 2. The highest BCUT2D eigenvalue weighted by molar-refractivity contribution is 6.46. The van der Waals surface area contributed by atoms with Crippen molar-refractivity contribution in [2.75, 3.05) is 19.8 Å². The minimum absolute atomic E-state index is 0.112. The van der Waals surface area contributed by atoms with Crippen molar-refractivity contribution in [1.29, 1.82) is 0 Å². The van der Waals surface area contributed by atoms with Crippen LogP contribution < -0.4 is 9.47 Å². The molecule has 1 saturated heterocycles. The lowest BCUT2D eigenvalue weighted by atomic mass is 9.94. The van der Waals surface area contributed by atoms with Crippen LogP contribution in [0.2, 0.25) is 0 Å². The first-order valence-electron chi connectivity index (χ1n) is 10.7. The average molecular weight is 421 g/mol. The van der Waals surface area contributed by atoms with Gasteiger partial charge in [-0.25, -0.2) is 0 Å². The minimum atomic E-state index is -0.677. The van der Waals surface area contributed by atoms with E-state index in [0.717, 1.165) is 24.0 Å². The van der Waals surface area contributed by atoms with Crippen LogP contribution in [0.4, 0.5) is 0 Å². The Morgan fingerprint density at radius 3 is 2.48 bits per heavy atom. The van der Waals surface area contributed by atoms with Crippen LogP contribution in [-0.4, -0.2) is 41.5 Å². The summed E-state index contributed by atoms with van der Waals surface area (Å²) in [6.45, 7) is 7.32.